The topological polar surface area (TPSA) is 84.8 Å². The molecule has 2 unspecified atom stereocenters. The lowest BCUT2D eigenvalue weighted by Gasteiger charge is -2.36. The summed E-state index contributed by atoms with van der Waals surface area (Å²) in [4.78, 5) is 0. The van der Waals surface area contributed by atoms with Crippen molar-refractivity contribution in [2.45, 2.75) is 214 Å². The van der Waals surface area contributed by atoms with Crippen LogP contribution in [0.3, 0.4) is 0 Å². The van der Waals surface area contributed by atoms with Crippen molar-refractivity contribution in [2.75, 3.05) is 20.3 Å². The highest BCUT2D eigenvalue weighted by Crippen LogP contribution is 2.39. The summed E-state index contributed by atoms with van der Waals surface area (Å²) in [6, 6.07) is 7.72. The first-order valence-corrected chi connectivity index (χ1v) is 28.9. The minimum Gasteiger partial charge on any atom is -0.497 e. The van der Waals surface area contributed by atoms with E-state index in [2.05, 4.69) is 115 Å². The van der Waals surface area contributed by atoms with E-state index in [0.717, 1.165) is 43.6 Å². The molecule has 0 amide bonds. The van der Waals surface area contributed by atoms with Gasteiger partial charge in [-0.1, -0.05) is 113 Å². The molecule has 2 aliphatic rings. The second-order valence-corrected chi connectivity index (χ2v) is 31.4. The minimum atomic E-state index is -1.77. The number of alkyl halides is 1. The maximum atomic E-state index is 10.5. The Balaban J connectivity index is 0.000000489. The van der Waals surface area contributed by atoms with Gasteiger partial charge in [0.2, 0.25) is 0 Å². The molecule has 6 atom stereocenters. The molecule has 1 aromatic carbocycles. The van der Waals surface area contributed by atoms with Gasteiger partial charge in [0, 0.05) is 25.0 Å². The van der Waals surface area contributed by atoms with Gasteiger partial charge in [-0.25, -0.2) is 0 Å². The number of methoxy groups -OCH3 is 1. The molecular weight excluding hydrogens is 808 g/mol. The number of halogens is 1. The molecule has 0 aromatic heterocycles. The minimum absolute atomic E-state index is 0.0958. The lowest BCUT2D eigenvalue weighted by molar-refractivity contribution is -0.153. The molecule has 0 aliphatic carbocycles. The Morgan fingerprint density at radius 1 is 0.717 bits per heavy atom. The lowest BCUT2D eigenvalue weighted by Crippen LogP contribution is -2.42. The first kappa shape index (κ1) is 57.0. The smallest absolute Gasteiger partial charge is 0.191 e. The van der Waals surface area contributed by atoms with Crippen LogP contribution in [-0.4, -0.2) is 84.2 Å². The molecular formula is C49H91ClO8Si2. The van der Waals surface area contributed by atoms with Gasteiger partial charge in [0.25, 0.3) is 0 Å². The largest absolute Gasteiger partial charge is 0.497 e. The first-order valence-electron chi connectivity index (χ1n) is 22.6. The van der Waals surface area contributed by atoms with E-state index in [-0.39, 0.29) is 34.5 Å². The molecule has 2 fully saturated rings. The molecule has 8 nitrogen and oxygen atoms in total. The van der Waals surface area contributed by atoms with Crippen LogP contribution in [-0.2, 0) is 33.7 Å². The fraction of sp³-hybridized carbons (Fsp3) is 0.796. The molecule has 1 aromatic rings. The third-order valence-corrected chi connectivity index (χ3v) is 21.3. The fourth-order valence-corrected chi connectivity index (χ4v) is 8.52. The number of benzene rings is 1. The quantitative estimate of drug-likeness (QED) is 0.0886. The Kier molecular flexibility index (Phi) is 23.6. The summed E-state index contributed by atoms with van der Waals surface area (Å²) >= 11 is 5.60. The molecule has 3 rings (SSSR count). The third-order valence-electron chi connectivity index (χ3n) is 11.9. The van der Waals surface area contributed by atoms with Crippen molar-refractivity contribution in [2.24, 2.45) is 17.8 Å². The highest BCUT2D eigenvalue weighted by atomic mass is 35.5. The average molecular weight is 900 g/mol. The standard InChI is InChI=1S/C21H42O3Si.C20H40O4Si.C8H9ClO/c1-16(2)12-11-13-17(3)19-18(23-21(7,8)24-19)14-15-22-25(9,10)20(4,5)6;1-15(2)11-10-12-16(21)18-17(23-20(6,7)24-18)13-14-22-25(8,9)19(3,4)5;1-10-8-4-2-3-7(5-8)6-9/h11,13,16-19H,12,14-15H2,1-10H3;10,12,15-18,21H,11,13-14H2,1-9H3;2-5H,6H2,1H3/b13-11-;12-10-;/t17?,18-,19+;16?,17-,18+;/m00./s1. The van der Waals surface area contributed by atoms with Crippen molar-refractivity contribution in [1.82, 2.24) is 0 Å². The van der Waals surface area contributed by atoms with E-state index in [1.54, 1.807) is 7.11 Å². The van der Waals surface area contributed by atoms with Crippen molar-refractivity contribution >= 4 is 28.2 Å². The van der Waals surface area contributed by atoms with Gasteiger partial charge in [-0.3, -0.25) is 0 Å². The van der Waals surface area contributed by atoms with Crippen LogP contribution in [0, 0.1) is 17.8 Å². The Hall–Kier alpha value is -1.06. The van der Waals surface area contributed by atoms with Crippen LogP contribution >= 0.6 is 11.6 Å². The molecule has 0 spiro atoms. The summed E-state index contributed by atoms with van der Waals surface area (Å²) < 4.78 is 42.0. The molecule has 11 heteroatoms. The molecule has 2 heterocycles. The van der Waals surface area contributed by atoms with Gasteiger partial charge < -0.3 is 37.6 Å². The maximum absolute atomic E-state index is 10.5. The number of aliphatic hydroxyl groups excluding tert-OH is 1. The van der Waals surface area contributed by atoms with Crippen LogP contribution in [0.5, 0.6) is 5.75 Å². The number of ether oxygens (including phenoxy) is 5. The molecule has 60 heavy (non-hydrogen) atoms. The summed E-state index contributed by atoms with van der Waals surface area (Å²) in [5, 5.41) is 11.0. The van der Waals surface area contributed by atoms with E-state index in [1.807, 2.05) is 64.1 Å². The number of allylic oxidation sites excluding steroid dienone is 2. The molecule has 350 valence electrons. The van der Waals surface area contributed by atoms with Crippen LogP contribution in [0.2, 0.25) is 36.3 Å². The van der Waals surface area contributed by atoms with Gasteiger partial charge >= 0.3 is 0 Å². The van der Waals surface area contributed by atoms with Crippen LogP contribution in [0.15, 0.2) is 48.6 Å². The predicted octanol–water partition coefficient (Wildman–Crippen LogP) is 13.5. The van der Waals surface area contributed by atoms with Gasteiger partial charge in [0.05, 0.1) is 25.4 Å². The van der Waals surface area contributed by atoms with Crippen molar-refractivity contribution in [3.8, 4) is 5.75 Å². The lowest BCUT2D eigenvalue weighted by atomic mass is 9.96. The van der Waals surface area contributed by atoms with Gasteiger partial charge in [-0.2, -0.15) is 0 Å². The summed E-state index contributed by atoms with van der Waals surface area (Å²) in [6.45, 7) is 42.9. The third kappa shape index (κ3) is 20.6. The Bertz CT molecular complexity index is 1310. The maximum Gasteiger partial charge on any atom is 0.191 e. The summed E-state index contributed by atoms with van der Waals surface area (Å²) in [5.41, 5.74) is 1.08. The Labute approximate surface area is 376 Å². The summed E-state index contributed by atoms with van der Waals surface area (Å²) in [7, 11) is -1.83. The monoisotopic (exact) mass is 899 g/mol. The molecule has 1 N–H and O–H groups in total. The van der Waals surface area contributed by atoms with Crippen LogP contribution in [0.4, 0.5) is 0 Å². The number of hydrogen-bond donors (Lipinski definition) is 1. The first-order chi connectivity index (χ1) is 27.4. The zero-order valence-electron chi connectivity index (χ0n) is 41.9. The Morgan fingerprint density at radius 2 is 1.15 bits per heavy atom. The van der Waals surface area contributed by atoms with E-state index >= 15 is 0 Å². The summed E-state index contributed by atoms with van der Waals surface area (Å²) in [6.07, 6.45) is 11.2. The Morgan fingerprint density at radius 3 is 1.57 bits per heavy atom. The summed E-state index contributed by atoms with van der Waals surface area (Å²) in [5.74, 6) is 1.84. The normalized spacial score (nSPS) is 23.1. The molecule has 2 aliphatic heterocycles. The second kappa shape index (κ2) is 24.9. The highest BCUT2D eigenvalue weighted by Gasteiger charge is 2.46. The van der Waals surface area contributed by atoms with Crippen molar-refractivity contribution < 1.29 is 37.6 Å². The number of rotatable bonds is 18. The highest BCUT2D eigenvalue weighted by molar-refractivity contribution is 6.74. The van der Waals surface area contributed by atoms with Crippen molar-refractivity contribution in [3.05, 3.63) is 54.1 Å². The van der Waals surface area contributed by atoms with Crippen molar-refractivity contribution in [3.63, 3.8) is 0 Å². The van der Waals surface area contributed by atoms with Crippen LogP contribution < -0.4 is 4.74 Å². The average Bonchev–Trinajstić information content (AvgIpc) is 3.60. The number of aliphatic hydroxyl groups is 1. The molecule has 2 saturated heterocycles. The predicted molar refractivity (Wildman–Crippen MR) is 258 cm³/mol. The van der Waals surface area contributed by atoms with Gasteiger partial charge in [0.15, 0.2) is 28.2 Å². The van der Waals surface area contributed by atoms with Gasteiger partial charge in [-0.05, 0) is 119 Å². The van der Waals surface area contributed by atoms with E-state index in [4.69, 9.17) is 44.1 Å². The fourth-order valence-electron chi connectivity index (χ4n) is 6.23. The molecule has 0 saturated carbocycles. The van der Waals surface area contributed by atoms with Gasteiger partial charge in [0.1, 0.15) is 18.0 Å². The zero-order chi connectivity index (χ0) is 46.3. The molecule has 0 radical (unpaired) electrons. The SMILES string of the molecule is CC(C)C/C=C\C(C)[C@H]1OC(C)(C)O[C@H]1CCO[Si](C)(C)C(C)(C)C.CC(C)C/C=C\C(O)[C@H]1OC(C)(C)O[C@H]1CCO[Si](C)(C)C(C)(C)C.COc1cccc(CCl)c1. The van der Waals surface area contributed by atoms with E-state index in [1.165, 1.54) is 0 Å². The second-order valence-electron chi connectivity index (χ2n) is 21.5. The van der Waals surface area contributed by atoms with E-state index in [0.29, 0.717) is 30.2 Å². The van der Waals surface area contributed by atoms with Crippen molar-refractivity contribution in [1.29, 1.82) is 0 Å². The van der Waals surface area contributed by atoms with E-state index < -0.39 is 34.3 Å². The van der Waals surface area contributed by atoms with E-state index in [9.17, 15) is 5.11 Å². The molecule has 0 bridgehead atoms. The van der Waals surface area contributed by atoms with Crippen LogP contribution in [0.25, 0.3) is 0 Å². The van der Waals surface area contributed by atoms with Crippen LogP contribution in [0.1, 0.15) is 135 Å². The zero-order valence-corrected chi connectivity index (χ0v) is 44.6. The number of hydrogen-bond acceptors (Lipinski definition) is 8. The van der Waals surface area contributed by atoms with Gasteiger partial charge in [-0.15, -0.1) is 11.6 Å².